The fourth-order valence-corrected chi connectivity index (χ4v) is 6.68. The summed E-state index contributed by atoms with van der Waals surface area (Å²) in [7, 11) is 0. The van der Waals surface area contributed by atoms with Crippen molar-refractivity contribution < 1.29 is 18.9 Å². The van der Waals surface area contributed by atoms with Gasteiger partial charge in [-0.15, -0.1) is 0 Å². The van der Waals surface area contributed by atoms with Gasteiger partial charge in [-0.2, -0.15) is 0 Å². The van der Waals surface area contributed by atoms with Gasteiger partial charge >= 0.3 is 0 Å². The molecular weight excluding hydrogens is 687 g/mol. The maximum atomic E-state index is 6.40. The zero-order valence-electron chi connectivity index (χ0n) is 29.1. The van der Waals surface area contributed by atoms with Crippen LogP contribution in [0.5, 0.6) is 46.3 Å². The molecule has 0 aliphatic rings. The monoisotopic (exact) mass is 715 g/mol. The van der Waals surface area contributed by atoms with Crippen molar-refractivity contribution in [3.8, 4) is 52.2 Å². The van der Waals surface area contributed by atoms with E-state index in [1.807, 2.05) is 163 Å². The molecule has 0 saturated heterocycles. The first-order valence-electron chi connectivity index (χ1n) is 17.7. The highest BCUT2D eigenvalue weighted by Gasteiger charge is 2.17. The Morgan fingerprint density at radius 2 is 0.782 bits per heavy atom. The average Bonchev–Trinajstić information content (AvgIpc) is 3.54. The molecule has 9 nitrogen and oxygen atoms in total. The van der Waals surface area contributed by atoms with Gasteiger partial charge in [-0.1, -0.05) is 60.7 Å². The van der Waals surface area contributed by atoms with E-state index in [2.05, 4.69) is 19.9 Å². The Kier molecular flexibility index (Phi) is 7.92. The molecule has 4 aromatic heterocycles. The molecule has 10 aromatic rings. The molecule has 4 heterocycles. The Hall–Kier alpha value is -7.78. The summed E-state index contributed by atoms with van der Waals surface area (Å²) in [6.07, 6.45) is 7.08. The van der Waals surface area contributed by atoms with E-state index in [0.29, 0.717) is 52.2 Å². The molecule has 10 rings (SSSR count). The molecule has 0 aliphatic heterocycles. The predicted octanol–water partition coefficient (Wildman–Crippen LogP) is 11.8. The first kappa shape index (κ1) is 31.9. The lowest BCUT2D eigenvalue weighted by molar-refractivity contribution is 0.449. The molecule has 9 heteroatoms. The Balaban J connectivity index is 0.947. The number of ether oxygens (including phenoxy) is 4. The zero-order chi connectivity index (χ0) is 36.6. The summed E-state index contributed by atoms with van der Waals surface area (Å²) in [6, 6.07) is 48.7. The van der Waals surface area contributed by atoms with Gasteiger partial charge in [-0.25, -0.2) is 19.9 Å². The Bertz CT molecular complexity index is 2840. The minimum atomic E-state index is 0.507. The van der Waals surface area contributed by atoms with E-state index in [0.717, 1.165) is 43.4 Å². The van der Waals surface area contributed by atoms with Gasteiger partial charge in [-0.05, 0) is 65.4 Å². The van der Waals surface area contributed by atoms with Crippen molar-refractivity contribution in [2.45, 2.75) is 0 Å². The second-order valence-corrected chi connectivity index (χ2v) is 12.8. The first-order valence-corrected chi connectivity index (χ1v) is 17.7. The fourth-order valence-electron chi connectivity index (χ4n) is 6.68. The van der Waals surface area contributed by atoms with E-state index in [9.17, 15) is 0 Å². The fraction of sp³-hybridized carbons (Fsp3) is 0. The highest BCUT2D eigenvalue weighted by Crippen LogP contribution is 2.38. The van der Waals surface area contributed by atoms with E-state index in [4.69, 9.17) is 18.9 Å². The topological polar surface area (TPSA) is 93.4 Å². The van der Waals surface area contributed by atoms with Gasteiger partial charge in [0.1, 0.15) is 34.5 Å². The van der Waals surface area contributed by atoms with Crippen molar-refractivity contribution in [3.05, 3.63) is 176 Å². The minimum absolute atomic E-state index is 0.507. The van der Waals surface area contributed by atoms with E-state index in [-0.39, 0.29) is 0 Å². The van der Waals surface area contributed by atoms with Crippen LogP contribution >= 0.6 is 0 Å². The van der Waals surface area contributed by atoms with Crippen molar-refractivity contribution in [1.29, 1.82) is 0 Å². The molecule has 0 radical (unpaired) electrons. The largest absolute Gasteiger partial charge is 0.457 e. The van der Waals surface area contributed by atoms with E-state index >= 15 is 0 Å². The van der Waals surface area contributed by atoms with Crippen LogP contribution in [0.3, 0.4) is 0 Å². The van der Waals surface area contributed by atoms with E-state index in [1.165, 1.54) is 0 Å². The lowest BCUT2D eigenvalue weighted by atomic mass is 10.1. The smallest absolute Gasteiger partial charge is 0.234 e. The van der Waals surface area contributed by atoms with Crippen molar-refractivity contribution >= 4 is 43.4 Å². The molecule has 0 saturated carbocycles. The van der Waals surface area contributed by atoms with Crippen LogP contribution in [0, 0.1) is 0 Å². The van der Waals surface area contributed by atoms with Gasteiger partial charge in [0.2, 0.25) is 17.7 Å². The third-order valence-corrected chi connectivity index (χ3v) is 9.20. The molecule has 0 bridgehead atoms. The molecule has 55 heavy (non-hydrogen) atoms. The standard InChI is InChI=1S/C46H29N5O4/c1-3-10-32-28-49-44(22-30(32)8-1)54-36-14-5-12-34(24-36)52-38-16-18-40-41-19-17-39(27-43(41)51(42(40)26-38)46-47-20-7-21-48-46)53-35-13-6-15-37(25-35)55-45-23-31-9-2-4-11-33(31)29-50-45/h1-29H. The number of aromatic nitrogens is 5. The van der Waals surface area contributed by atoms with Crippen LogP contribution in [0.1, 0.15) is 0 Å². The van der Waals surface area contributed by atoms with Gasteiger partial charge in [0, 0.05) is 82.7 Å². The van der Waals surface area contributed by atoms with E-state index in [1.54, 1.807) is 18.5 Å². The van der Waals surface area contributed by atoms with Gasteiger partial charge in [0.05, 0.1) is 11.0 Å². The van der Waals surface area contributed by atoms with Crippen LogP contribution in [0.2, 0.25) is 0 Å². The summed E-state index contributed by atoms with van der Waals surface area (Å²) in [5.74, 6) is 5.29. The molecule has 0 atom stereocenters. The third kappa shape index (κ3) is 6.47. The number of fused-ring (bicyclic) bond motifs is 5. The highest BCUT2D eigenvalue weighted by molar-refractivity contribution is 6.09. The Labute approximate surface area is 314 Å². The molecule has 0 N–H and O–H groups in total. The number of rotatable bonds is 9. The highest BCUT2D eigenvalue weighted by atomic mass is 16.5. The number of hydrogen-bond acceptors (Lipinski definition) is 8. The minimum Gasteiger partial charge on any atom is -0.457 e. The van der Waals surface area contributed by atoms with Crippen LogP contribution in [0.4, 0.5) is 0 Å². The Morgan fingerprint density at radius 1 is 0.345 bits per heavy atom. The van der Waals surface area contributed by atoms with Gasteiger partial charge < -0.3 is 18.9 Å². The first-order chi connectivity index (χ1) is 27.2. The molecule has 0 fully saturated rings. The lowest BCUT2D eigenvalue weighted by Crippen LogP contribution is -2.00. The molecule has 0 aliphatic carbocycles. The van der Waals surface area contributed by atoms with Crippen molar-refractivity contribution in [1.82, 2.24) is 24.5 Å². The van der Waals surface area contributed by atoms with Crippen LogP contribution in [0.25, 0.3) is 49.3 Å². The molecule has 0 amide bonds. The number of nitrogens with zero attached hydrogens (tertiary/aromatic N) is 5. The van der Waals surface area contributed by atoms with Crippen molar-refractivity contribution in [3.63, 3.8) is 0 Å². The second kappa shape index (κ2) is 13.6. The number of benzene rings is 6. The van der Waals surface area contributed by atoms with Gasteiger partial charge in [0.25, 0.3) is 0 Å². The van der Waals surface area contributed by atoms with Crippen LogP contribution in [-0.4, -0.2) is 24.5 Å². The molecule has 0 spiro atoms. The normalized spacial score (nSPS) is 11.3. The van der Waals surface area contributed by atoms with Crippen molar-refractivity contribution in [2.24, 2.45) is 0 Å². The van der Waals surface area contributed by atoms with Gasteiger partial charge in [0.15, 0.2) is 0 Å². The molecular formula is C46H29N5O4. The maximum Gasteiger partial charge on any atom is 0.234 e. The summed E-state index contributed by atoms with van der Waals surface area (Å²) >= 11 is 0. The van der Waals surface area contributed by atoms with Crippen LogP contribution in [-0.2, 0) is 0 Å². The summed E-state index contributed by atoms with van der Waals surface area (Å²) in [5.41, 5.74) is 1.75. The summed E-state index contributed by atoms with van der Waals surface area (Å²) in [5, 5.41) is 6.24. The summed E-state index contributed by atoms with van der Waals surface area (Å²) in [6.45, 7) is 0. The van der Waals surface area contributed by atoms with Gasteiger partial charge in [-0.3, -0.25) is 4.57 Å². The lowest BCUT2D eigenvalue weighted by Gasteiger charge is -2.11. The molecule has 6 aromatic carbocycles. The number of pyridine rings is 2. The van der Waals surface area contributed by atoms with Crippen molar-refractivity contribution in [2.75, 3.05) is 0 Å². The van der Waals surface area contributed by atoms with E-state index < -0.39 is 0 Å². The third-order valence-electron chi connectivity index (χ3n) is 9.20. The van der Waals surface area contributed by atoms with Crippen LogP contribution < -0.4 is 18.9 Å². The zero-order valence-corrected chi connectivity index (χ0v) is 29.1. The SMILES string of the molecule is c1cnc(-n2c3cc(Oc4cccc(Oc5cc6ccccc6cn5)c4)ccc3c3ccc(Oc4cccc(Oc5cc6ccccc6cn5)c4)cc32)nc1. The summed E-state index contributed by atoms with van der Waals surface area (Å²) < 4.78 is 27.1. The average molecular weight is 716 g/mol. The predicted molar refractivity (Wildman–Crippen MR) is 213 cm³/mol. The molecule has 0 unspecified atom stereocenters. The second-order valence-electron chi connectivity index (χ2n) is 12.8. The summed E-state index contributed by atoms with van der Waals surface area (Å²) in [4.78, 5) is 18.2. The quantitative estimate of drug-likeness (QED) is 0.146. The molecule has 262 valence electrons. The maximum absolute atomic E-state index is 6.40. The Morgan fingerprint density at radius 3 is 1.27 bits per heavy atom. The number of hydrogen-bond donors (Lipinski definition) is 0. The van der Waals surface area contributed by atoms with Crippen LogP contribution in [0.15, 0.2) is 176 Å².